The van der Waals surface area contributed by atoms with Crippen LogP contribution in [0.3, 0.4) is 0 Å². The molecule has 1 aromatic heterocycles. The number of amides is 1. The maximum absolute atomic E-state index is 12.9. The molecule has 9 heteroatoms. The second-order valence-electron chi connectivity index (χ2n) is 5.66. The van der Waals surface area contributed by atoms with Gasteiger partial charge in [0.15, 0.2) is 0 Å². The van der Waals surface area contributed by atoms with Gasteiger partial charge in [0.25, 0.3) is 5.91 Å². The second kappa shape index (κ2) is 6.95. The Kier molecular flexibility index (Phi) is 4.86. The first-order valence-electron chi connectivity index (χ1n) is 7.81. The number of hydrogen-bond donors (Lipinski definition) is 1. The molecule has 0 unspecified atom stereocenters. The van der Waals surface area contributed by atoms with Gasteiger partial charge in [0.1, 0.15) is 5.52 Å². The van der Waals surface area contributed by atoms with E-state index in [0.29, 0.717) is 12.1 Å². The van der Waals surface area contributed by atoms with E-state index in [0.717, 1.165) is 24.1 Å². The summed E-state index contributed by atoms with van der Waals surface area (Å²) in [6, 6.07) is 8.04. The number of nitrogens with zero attached hydrogens (tertiary/aromatic N) is 3. The number of nitrogens with one attached hydrogen (secondary N) is 1. The molecule has 0 aliphatic heterocycles. The van der Waals surface area contributed by atoms with Crippen molar-refractivity contribution in [2.24, 2.45) is 0 Å². The summed E-state index contributed by atoms with van der Waals surface area (Å²) >= 11 is 5.58. The van der Waals surface area contributed by atoms with E-state index in [4.69, 9.17) is 11.6 Å². The van der Waals surface area contributed by atoms with Crippen molar-refractivity contribution in [3.8, 4) is 0 Å². The summed E-state index contributed by atoms with van der Waals surface area (Å²) in [6.45, 7) is 2.71. The fourth-order valence-electron chi connectivity index (χ4n) is 2.51. The molecule has 0 saturated carbocycles. The molecule has 3 aromatic rings. The normalized spacial score (nSPS) is 11.7. The largest absolute Gasteiger partial charge is 0.417 e. The maximum Gasteiger partial charge on any atom is 0.417 e. The molecule has 0 atom stereocenters. The topological polar surface area (TPSA) is 59.8 Å². The molecule has 26 heavy (non-hydrogen) atoms. The zero-order valence-corrected chi connectivity index (χ0v) is 14.4. The Hall–Kier alpha value is -2.61. The number of halogens is 4. The summed E-state index contributed by atoms with van der Waals surface area (Å²) in [7, 11) is 0. The number of carbonyl (C=O) groups is 1. The predicted molar refractivity (Wildman–Crippen MR) is 92.2 cm³/mol. The average Bonchev–Trinajstić information content (AvgIpc) is 2.98. The lowest BCUT2D eigenvalue weighted by atomic mass is 10.1. The highest BCUT2D eigenvalue weighted by Gasteiger charge is 2.33. The Morgan fingerprint density at radius 2 is 2.00 bits per heavy atom. The van der Waals surface area contributed by atoms with Crippen molar-refractivity contribution in [2.75, 3.05) is 5.32 Å². The minimum atomic E-state index is -4.60. The summed E-state index contributed by atoms with van der Waals surface area (Å²) in [5, 5.41) is 10.0. The number of rotatable bonds is 4. The van der Waals surface area contributed by atoms with Gasteiger partial charge in [-0.2, -0.15) is 13.2 Å². The summed E-state index contributed by atoms with van der Waals surface area (Å²) in [5.74, 6) is -0.549. The Labute approximate surface area is 151 Å². The number of hydrogen-bond acceptors (Lipinski definition) is 3. The third-order valence-corrected chi connectivity index (χ3v) is 4.07. The first kappa shape index (κ1) is 18.2. The van der Waals surface area contributed by atoms with E-state index in [1.165, 1.54) is 6.07 Å². The van der Waals surface area contributed by atoms with Crippen molar-refractivity contribution in [1.82, 2.24) is 15.0 Å². The van der Waals surface area contributed by atoms with Gasteiger partial charge in [-0.15, -0.1) is 5.10 Å². The third kappa shape index (κ3) is 3.65. The highest BCUT2D eigenvalue weighted by Crippen LogP contribution is 2.36. The molecule has 0 aliphatic carbocycles. The molecule has 0 bridgehead atoms. The molecule has 1 amide bonds. The molecule has 1 heterocycles. The van der Waals surface area contributed by atoms with E-state index < -0.39 is 22.7 Å². The number of aryl methyl sites for hydroxylation is 1. The smallest absolute Gasteiger partial charge is 0.322 e. The first-order valence-corrected chi connectivity index (χ1v) is 8.18. The fourth-order valence-corrected chi connectivity index (χ4v) is 2.74. The minimum Gasteiger partial charge on any atom is -0.322 e. The van der Waals surface area contributed by atoms with Gasteiger partial charge in [-0.05, 0) is 42.8 Å². The molecule has 0 fully saturated rings. The van der Waals surface area contributed by atoms with Gasteiger partial charge in [0.2, 0.25) is 0 Å². The fraction of sp³-hybridized carbons (Fsp3) is 0.235. The van der Waals surface area contributed by atoms with Crippen LogP contribution >= 0.6 is 11.6 Å². The Morgan fingerprint density at radius 1 is 1.23 bits per heavy atom. The van der Waals surface area contributed by atoms with E-state index in [2.05, 4.69) is 15.6 Å². The van der Waals surface area contributed by atoms with Crippen LogP contribution in [0.2, 0.25) is 5.02 Å². The van der Waals surface area contributed by atoms with E-state index in [1.54, 1.807) is 22.9 Å². The van der Waals surface area contributed by atoms with Crippen molar-refractivity contribution in [1.29, 1.82) is 0 Å². The molecule has 0 saturated heterocycles. The number of anilines is 1. The zero-order valence-electron chi connectivity index (χ0n) is 13.6. The van der Waals surface area contributed by atoms with Crippen LogP contribution in [-0.2, 0) is 12.7 Å². The van der Waals surface area contributed by atoms with Crippen LogP contribution in [-0.4, -0.2) is 20.9 Å². The quantitative estimate of drug-likeness (QED) is 0.707. The van der Waals surface area contributed by atoms with Crippen LogP contribution in [0.15, 0.2) is 36.4 Å². The van der Waals surface area contributed by atoms with Gasteiger partial charge in [-0.25, -0.2) is 4.68 Å². The van der Waals surface area contributed by atoms with E-state index in [1.807, 2.05) is 6.92 Å². The lowest BCUT2D eigenvalue weighted by Crippen LogP contribution is -2.13. The van der Waals surface area contributed by atoms with E-state index >= 15 is 0 Å². The second-order valence-corrected chi connectivity index (χ2v) is 6.07. The van der Waals surface area contributed by atoms with Crippen LogP contribution in [0, 0.1) is 0 Å². The predicted octanol–water partition coefficient (Wildman–Crippen LogP) is 4.77. The number of aromatic nitrogens is 3. The molecule has 0 aliphatic rings. The van der Waals surface area contributed by atoms with Gasteiger partial charge in [0.05, 0.1) is 16.1 Å². The van der Waals surface area contributed by atoms with Crippen molar-refractivity contribution in [3.63, 3.8) is 0 Å². The molecule has 2 aromatic carbocycles. The van der Waals surface area contributed by atoms with E-state index in [-0.39, 0.29) is 11.3 Å². The summed E-state index contributed by atoms with van der Waals surface area (Å²) in [5.41, 5.74) is 0.591. The Morgan fingerprint density at radius 3 is 2.69 bits per heavy atom. The summed E-state index contributed by atoms with van der Waals surface area (Å²) in [4.78, 5) is 12.4. The zero-order chi connectivity index (χ0) is 18.9. The molecule has 5 nitrogen and oxygen atoms in total. The maximum atomic E-state index is 12.9. The molecule has 3 rings (SSSR count). The van der Waals surface area contributed by atoms with Gasteiger partial charge in [-0.1, -0.05) is 23.7 Å². The third-order valence-electron chi connectivity index (χ3n) is 3.74. The number of fused-ring (bicyclic) bond motifs is 1. The van der Waals surface area contributed by atoms with Crippen molar-refractivity contribution >= 4 is 34.2 Å². The average molecular weight is 383 g/mol. The summed E-state index contributed by atoms with van der Waals surface area (Å²) < 4.78 is 40.5. The van der Waals surface area contributed by atoms with Crippen molar-refractivity contribution < 1.29 is 18.0 Å². The van der Waals surface area contributed by atoms with Crippen LogP contribution < -0.4 is 5.32 Å². The molecule has 0 spiro atoms. The Balaban J connectivity index is 1.85. The lowest BCUT2D eigenvalue weighted by Gasteiger charge is -2.12. The highest BCUT2D eigenvalue weighted by molar-refractivity contribution is 6.31. The monoisotopic (exact) mass is 382 g/mol. The Bertz CT molecular complexity index is 968. The number of alkyl halides is 3. The van der Waals surface area contributed by atoms with Crippen molar-refractivity contribution in [3.05, 3.63) is 52.5 Å². The molecular formula is C17H14ClF3N4O. The van der Waals surface area contributed by atoms with Crippen molar-refractivity contribution in [2.45, 2.75) is 26.1 Å². The van der Waals surface area contributed by atoms with Gasteiger partial charge in [0, 0.05) is 17.8 Å². The molecule has 1 N–H and O–H groups in total. The van der Waals surface area contributed by atoms with E-state index in [9.17, 15) is 18.0 Å². The van der Waals surface area contributed by atoms with Crippen LogP contribution in [0.1, 0.15) is 29.3 Å². The lowest BCUT2D eigenvalue weighted by molar-refractivity contribution is -0.137. The van der Waals surface area contributed by atoms with Crippen LogP contribution in [0.5, 0.6) is 0 Å². The van der Waals surface area contributed by atoms with Gasteiger partial charge >= 0.3 is 6.18 Å². The number of benzene rings is 2. The first-order chi connectivity index (χ1) is 12.3. The SMILES string of the molecule is CCCn1nnc2cc(C(=O)Nc3ccc(Cl)c(C(F)(F)F)c3)ccc21. The molecule has 136 valence electrons. The number of carbonyl (C=O) groups excluding carboxylic acids is 1. The molecular weight excluding hydrogens is 369 g/mol. The van der Waals surface area contributed by atoms with Gasteiger partial charge < -0.3 is 5.32 Å². The van der Waals surface area contributed by atoms with Crippen LogP contribution in [0.4, 0.5) is 18.9 Å². The molecule has 0 radical (unpaired) electrons. The summed E-state index contributed by atoms with van der Waals surface area (Å²) in [6.07, 6.45) is -3.71. The standard InChI is InChI=1S/C17H14ClF3N4O/c1-2-7-25-15-6-3-10(8-14(15)23-24-25)16(26)22-11-4-5-13(18)12(9-11)17(19,20)21/h3-6,8-9H,2,7H2,1H3,(H,22,26). The van der Waals surface area contributed by atoms with Crippen LogP contribution in [0.25, 0.3) is 11.0 Å². The highest BCUT2D eigenvalue weighted by atomic mass is 35.5. The minimum absolute atomic E-state index is 0.00135. The van der Waals surface area contributed by atoms with Gasteiger partial charge in [-0.3, -0.25) is 4.79 Å².